The summed E-state index contributed by atoms with van der Waals surface area (Å²) in [7, 11) is 1.36. The summed E-state index contributed by atoms with van der Waals surface area (Å²) in [5, 5.41) is 6.91. The van der Waals surface area contributed by atoms with Crippen LogP contribution in [0.25, 0.3) is 0 Å². The molecule has 0 aliphatic heterocycles. The first kappa shape index (κ1) is 16.4. The van der Waals surface area contributed by atoms with Crippen LogP contribution < -0.4 is 10.6 Å². The second-order valence-corrected chi connectivity index (χ2v) is 6.16. The minimum Gasteiger partial charge on any atom is -0.465 e. The average molecular weight is 294 g/mol. The molecule has 0 radical (unpaired) electrons. The number of methoxy groups -OCH3 is 1. The van der Waals surface area contributed by atoms with Crippen LogP contribution in [-0.2, 0) is 4.74 Å². The Labute approximate surface area is 125 Å². The Morgan fingerprint density at radius 3 is 2.25 bits per heavy atom. The van der Waals surface area contributed by atoms with Gasteiger partial charge in [0.1, 0.15) is 0 Å². The van der Waals surface area contributed by atoms with Gasteiger partial charge in [-0.2, -0.15) is 0 Å². The monoisotopic (exact) mass is 294 g/mol. The highest BCUT2D eigenvalue weighted by atomic mass is 32.1. The number of hydrogen-bond donors (Lipinski definition) is 2. The van der Waals surface area contributed by atoms with Gasteiger partial charge in [0.15, 0.2) is 5.11 Å². The molecule has 0 aromatic heterocycles. The highest BCUT2D eigenvalue weighted by Gasteiger charge is 2.20. The minimum absolute atomic E-state index is 0.125. The maximum atomic E-state index is 11.3. The van der Waals surface area contributed by atoms with Gasteiger partial charge in [-0.15, -0.1) is 0 Å². The SMILES string of the molecule is COC(=O)c1ccc(NC(=S)NC(C)C(C)(C)C)cc1. The fourth-order valence-corrected chi connectivity index (χ4v) is 1.68. The molecule has 20 heavy (non-hydrogen) atoms. The molecule has 0 heterocycles. The molecule has 0 aliphatic rings. The first-order valence-corrected chi connectivity index (χ1v) is 6.90. The van der Waals surface area contributed by atoms with Crippen LogP contribution in [0.15, 0.2) is 24.3 Å². The second kappa shape index (κ2) is 6.70. The van der Waals surface area contributed by atoms with Crippen molar-refractivity contribution in [1.29, 1.82) is 0 Å². The van der Waals surface area contributed by atoms with Gasteiger partial charge in [-0.25, -0.2) is 4.79 Å². The summed E-state index contributed by atoms with van der Waals surface area (Å²) in [5.41, 5.74) is 1.47. The summed E-state index contributed by atoms with van der Waals surface area (Å²) in [5.74, 6) is -0.349. The van der Waals surface area contributed by atoms with E-state index in [-0.39, 0.29) is 17.4 Å². The fourth-order valence-electron chi connectivity index (χ4n) is 1.39. The summed E-state index contributed by atoms with van der Waals surface area (Å²) in [6.07, 6.45) is 0. The Bertz CT molecular complexity index is 478. The lowest BCUT2D eigenvalue weighted by Gasteiger charge is -2.29. The van der Waals surface area contributed by atoms with Crippen LogP contribution in [0, 0.1) is 5.41 Å². The lowest BCUT2D eigenvalue weighted by atomic mass is 9.88. The van der Waals surface area contributed by atoms with E-state index in [0.717, 1.165) is 5.69 Å². The van der Waals surface area contributed by atoms with Gasteiger partial charge >= 0.3 is 5.97 Å². The number of nitrogens with one attached hydrogen (secondary N) is 2. The predicted octanol–water partition coefficient (Wildman–Crippen LogP) is 3.19. The number of anilines is 1. The van der Waals surface area contributed by atoms with Crippen molar-refractivity contribution < 1.29 is 9.53 Å². The Hall–Kier alpha value is -1.62. The molecule has 1 aromatic rings. The number of hydrogen-bond acceptors (Lipinski definition) is 3. The molecule has 1 atom stereocenters. The van der Waals surface area contributed by atoms with Crippen molar-refractivity contribution in [3.63, 3.8) is 0 Å². The van der Waals surface area contributed by atoms with Gasteiger partial charge in [0.05, 0.1) is 12.7 Å². The fraction of sp³-hybridized carbons (Fsp3) is 0.467. The van der Waals surface area contributed by atoms with E-state index in [1.54, 1.807) is 24.3 Å². The zero-order valence-electron chi connectivity index (χ0n) is 12.6. The molecule has 0 amide bonds. The molecule has 1 rings (SSSR count). The van der Waals surface area contributed by atoms with Crippen molar-refractivity contribution in [3.8, 4) is 0 Å². The van der Waals surface area contributed by atoms with E-state index in [4.69, 9.17) is 12.2 Å². The zero-order chi connectivity index (χ0) is 15.3. The molecule has 0 saturated carbocycles. The maximum Gasteiger partial charge on any atom is 0.337 e. The van der Waals surface area contributed by atoms with E-state index in [9.17, 15) is 4.79 Å². The lowest BCUT2D eigenvalue weighted by Crippen LogP contribution is -2.43. The Morgan fingerprint density at radius 2 is 1.80 bits per heavy atom. The van der Waals surface area contributed by atoms with Gasteiger partial charge in [0.25, 0.3) is 0 Å². The van der Waals surface area contributed by atoms with Gasteiger partial charge in [-0.3, -0.25) is 0 Å². The number of carbonyl (C=O) groups excluding carboxylic acids is 1. The molecular weight excluding hydrogens is 272 g/mol. The van der Waals surface area contributed by atoms with Crippen molar-refractivity contribution >= 4 is 29.0 Å². The van der Waals surface area contributed by atoms with Crippen molar-refractivity contribution in [2.75, 3.05) is 12.4 Å². The van der Waals surface area contributed by atoms with Crippen LogP contribution in [0.4, 0.5) is 5.69 Å². The molecule has 0 fully saturated rings. The van der Waals surface area contributed by atoms with E-state index < -0.39 is 0 Å². The summed E-state index contributed by atoms with van der Waals surface area (Å²) >= 11 is 5.27. The van der Waals surface area contributed by atoms with Crippen LogP contribution in [0.1, 0.15) is 38.1 Å². The first-order chi connectivity index (χ1) is 9.24. The van der Waals surface area contributed by atoms with E-state index in [1.807, 2.05) is 0 Å². The minimum atomic E-state index is -0.349. The molecule has 0 spiro atoms. The van der Waals surface area contributed by atoms with E-state index in [2.05, 4.69) is 43.1 Å². The molecule has 5 heteroatoms. The highest BCUT2D eigenvalue weighted by Crippen LogP contribution is 2.18. The van der Waals surface area contributed by atoms with Crippen LogP contribution in [0.5, 0.6) is 0 Å². The normalized spacial score (nSPS) is 12.4. The standard InChI is InChI=1S/C15H22N2O2S/c1-10(15(2,3)4)16-14(20)17-12-8-6-11(7-9-12)13(18)19-5/h6-10H,1-5H3,(H2,16,17,20). The Morgan fingerprint density at radius 1 is 1.25 bits per heavy atom. The number of rotatable bonds is 3. The molecule has 1 unspecified atom stereocenters. The smallest absolute Gasteiger partial charge is 0.337 e. The lowest BCUT2D eigenvalue weighted by molar-refractivity contribution is 0.0601. The Kier molecular flexibility index (Phi) is 5.51. The van der Waals surface area contributed by atoms with Gasteiger partial charge in [-0.05, 0) is 48.8 Å². The molecule has 1 aromatic carbocycles. The summed E-state index contributed by atoms with van der Waals surface area (Å²) < 4.78 is 4.65. The molecule has 0 saturated heterocycles. The zero-order valence-corrected chi connectivity index (χ0v) is 13.4. The van der Waals surface area contributed by atoms with Crippen molar-refractivity contribution in [2.45, 2.75) is 33.7 Å². The van der Waals surface area contributed by atoms with E-state index >= 15 is 0 Å². The van der Waals surface area contributed by atoms with Crippen molar-refractivity contribution in [1.82, 2.24) is 5.32 Å². The van der Waals surface area contributed by atoms with E-state index in [1.165, 1.54) is 7.11 Å². The third-order valence-electron chi connectivity index (χ3n) is 3.21. The molecule has 4 nitrogen and oxygen atoms in total. The van der Waals surface area contributed by atoms with Crippen LogP contribution in [0.3, 0.4) is 0 Å². The third-order valence-corrected chi connectivity index (χ3v) is 3.43. The quantitative estimate of drug-likeness (QED) is 0.662. The summed E-state index contributed by atoms with van der Waals surface area (Å²) in [6, 6.07) is 7.23. The molecule has 0 aliphatic carbocycles. The molecular formula is C15H22N2O2S. The van der Waals surface area contributed by atoms with Crippen LogP contribution in [0.2, 0.25) is 0 Å². The van der Waals surface area contributed by atoms with Gasteiger partial charge in [0, 0.05) is 11.7 Å². The number of thiocarbonyl (C=S) groups is 1. The van der Waals surface area contributed by atoms with Crippen molar-refractivity contribution in [3.05, 3.63) is 29.8 Å². The highest BCUT2D eigenvalue weighted by molar-refractivity contribution is 7.80. The van der Waals surface area contributed by atoms with Gasteiger partial charge < -0.3 is 15.4 Å². The molecule has 2 N–H and O–H groups in total. The molecule has 0 bridgehead atoms. The van der Waals surface area contributed by atoms with Crippen LogP contribution in [-0.4, -0.2) is 24.2 Å². The van der Waals surface area contributed by atoms with Crippen LogP contribution >= 0.6 is 12.2 Å². The third kappa shape index (κ3) is 4.81. The summed E-state index contributed by atoms with van der Waals surface area (Å²) in [4.78, 5) is 11.3. The number of carbonyl (C=O) groups is 1. The Balaban J connectivity index is 2.61. The number of ether oxygens (including phenoxy) is 1. The van der Waals surface area contributed by atoms with Gasteiger partial charge in [-0.1, -0.05) is 20.8 Å². The predicted molar refractivity (Wildman–Crippen MR) is 86.1 cm³/mol. The number of benzene rings is 1. The second-order valence-electron chi connectivity index (χ2n) is 5.76. The molecule has 110 valence electrons. The first-order valence-electron chi connectivity index (χ1n) is 6.50. The average Bonchev–Trinajstić information content (AvgIpc) is 2.37. The topological polar surface area (TPSA) is 50.4 Å². The maximum absolute atomic E-state index is 11.3. The van der Waals surface area contributed by atoms with Crippen molar-refractivity contribution in [2.24, 2.45) is 5.41 Å². The number of esters is 1. The summed E-state index contributed by atoms with van der Waals surface area (Å²) in [6.45, 7) is 8.55. The van der Waals surface area contributed by atoms with Gasteiger partial charge in [0.2, 0.25) is 0 Å². The largest absolute Gasteiger partial charge is 0.465 e. The van der Waals surface area contributed by atoms with E-state index in [0.29, 0.717) is 10.7 Å².